The molecule has 92 valence electrons. The number of hydrogen-bond acceptors (Lipinski definition) is 2. The SMILES string of the molecule is Nc1ccc2c(c1)N(Cc1ccccc1Br)CC2. The Hall–Kier alpha value is -1.48. The van der Waals surface area contributed by atoms with Crippen molar-refractivity contribution in [2.24, 2.45) is 0 Å². The Morgan fingerprint density at radius 1 is 1.17 bits per heavy atom. The van der Waals surface area contributed by atoms with Gasteiger partial charge in [0, 0.05) is 28.9 Å². The molecule has 2 aromatic rings. The molecule has 0 amide bonds. The summed E-state index contributed by atoms with van der Waals surface area (Å²) in [6, 6.07) is 14.6. The van der Waals surface area contributed by atoms with Gasteiger partial charge >= 0.3 is 0 Å². The van der Waals surface area contributed by atoms with E-state index < -0.39 is 0 Å². The molecule has 0 spiro atoms. The fourth-order valence-corrected chi connectivity index (χ4v) is 2.87. The lowest BCUT2D eigenvalue weighted by Gasteiger charge is -2.20. The van der Waals surface area contributed by atoms with Crippen LogP contribution in [0.2, 0.25) is 0 Å². The first-order valence-corrected chi connectivity index (χ1v) is 6.90. The van der Waals surface area contributed by atoms with Gasteiger partial charge in [-0.15, -0.1) is 0 Å². The number of benzene rings is 2. The first kappa shape index (κ1) is 11.6. The Morgan fingerprint density at radius 2 is 2.00 bits per heavy atom. The number of halogens is 1. The van der Waals surface area contributed by atoms with Gasteiger partial charge in [-0.2, -0.15) is 0 Å². The highest BCUT2D eigenvalue weighted by Crippen LogP contribution is 2.32. The third-order valence-corrected chi connectivity index (χ3v) is 4.19. The fraction of sp³-hybridized carbons (Fsp3) is 0.200. The number of hydrogen-bond donors (Lipinski definition) is 1. The van der Waals surface area contributed by atoms with Crippen LogP contribution >= 0.6 is 15.9 Å². The molecule has 0 fully saturated rings. The summed E-state index contributed by atoms with van der Waals surface area (Å²) < 4.78 is 1.17. The van der Waals surface area contributed by atoms with Crippen LogP contribution in [-0.4, -0.2) is 6.54 Å². The zero-order valence-electron chi connectivity index (χ0n) is 10.1. The lowest BCUT2D eigenvalue weighted by molar-refractivity contribution is 0.833. The summed E-state index contributed by atoms with van der Waals surface area (Å²) in [4.78, 5) is 2.39. The van der Waals surface area contributed by atoms with Crippen molar-refractivity contribution >= 4 is 27.3 Å². The van der Waals surface area contributed by atoms with E-state index in [9.17, 15) is 0 Å². The van der Waals surface area contributed by atoms with Gasteiger partial charge in [-0.05, 0) is 35.7 Å². The third kappa shape index (κ3) is 2.10. The molecule has 0 atom stereocenters. The van der Waals surface area contributed by atoms with Gasteiger partial charge in [-0.1, -0.05) is 40.2 Å². The quantitative estimate of drug-likeness (QED) is 0.859. The molecule has 3 heteroatoms. The molecule has 2 nitrogen and oxygen atoms in total. The zero-order chi connectivity index (χ0) is 12.5. The molecule has 2 N–H and O–H groups in total. The number of nitrogens with zero attached hydrogens (tertiary/aromatic N) is 1. The summed E-state index contributed by atoms with van der Waals surface area (Å²) >= 11 is 3.61. The highest BCUT2D eigenvalue weighted by Gasteiger charge is 2.19. The maximum absolute atomic E-state index is 5.88. The highest BCUT2D eigenvalue weighted by molar-refractivity contribution is 9.10. The van der Waals surface area contributed by atoms with E-state index in [0.717, 1.165) is 25.2 Å². The normalized spacial score (nSPS) is 13.7. The van der Waals surface area contributed by atoms with E-state index in [1.165, 1.54) is 21.3 Å². The first-order chi connectivity index (χ1) is 8.74. The Morgan fingerprint density at radius 3 is 2.83 bits per heavy atom. The predicted octanol–water partition coefficient (Wildman–Crippen LogP) is 3.59. The van der Waals surface area contributed by atoms with E-state index in [-0.39, 0.29) is 0 Å². The van der Waals surface area contributed by atoms with Crippen LogP contribution in [0.4, 0.5) is 11.4 Å². The lowest BCUT2D eigenvalue weighted by atomic mass is 10.1. The largest absolute Gasteiger partial charge is 0.399 e. The van der Waals surface area contributed by atoms with Crippen molar-refractivity contribution in [2.45, 2.75) is 13.0 Å². The van der Waals surface area contributed by atoms with E-state index in [1.54, 1.807) is 0 Å². The molecular weight excluding hydrogens is 288 g/mol. The summed E-state index contributed by atoms with van der Waals surface area (Å²) in [5, 5.41) is 0. The van der Waals surface area contributed by atoms with Crippen molar-refractivity contribution in [3.8, 4) is 0 Å². The van der Waals surface area contributed by atoms with Gasteiger partial charge in [0.1, 0.15) is 0 Å². The van der Waals surface area contributed by atoms with Crippen LogP contribution in [0.15, 0.2) is 46.9 Å². The molecule has 0 bridgehead atoms. The van der Waals surface area contributed by atoms with E-state index in [0.29, 0.717) is 0 Å². The molecule has 0 aromatic heterocycles. The molecule has 0 unspecified atom stereocenters. The van der Waals surface area contributed by atoms with Crippen LogP contribution in [0, 0.1) is 0 Å². The minimum absolute atomic E-state index is 0.841. The molecule has 0 saturated heterocycles. The smallest absolute Gasteiger partial charge is 0.0440 e. The second kappa shape index (κ2) is 4.65. The van der Waals surface area contributed by atoms with Crippen molar-refractivity contribution in [1.29, 1.82) is 0 Å². The summed E-state index contributed by atoms with van der Waals surface area (Å²) in [6.45, 7) is 2.00. The van der Waals surface area contributed by atoms with Crippen molar-refractivity contribution in [1.82, 2.24) is 0 Å². The Kier molecular flexibility index (Phi) is 3.00. The minimum atomic E-state index is 0.841. The molecule has 1 aliphatic rings. The van der Waals surface area contributed by atoms with Crippen LogP contribution in [-0.2, 0) is 13.0 Å². The van der Waals surface area contributed by atoms with Crippen molar-refractivity contribution < 1.29 is 0 Å². The second-order valence-corrected chi connectivity index (χ2v) is 5.51. The topological polar surface area (TPSA) is 29.3 Å². The fourth-order valence-electron chi connectivity index (χ4n) is 2.46. The molecular formula is C15H15BrN2. The Bertz CT molecular complexity index is 580. The number of anilines is 2. The molecule has 3 rings (SSSR count). The van der Waals surface area contributed by atoms with Crippen molar-refractivity contribution in [3.05, 3.63) is 58.1 Å². The van der Waals surface area contributed by atoms with Gasteiger partial charge in [0.05, 0.1) is 0 Å². The van der Waals surface area contributed by atoms with E-state index in [2.05, 4.69) is 51.2 Å². The first-order valence-electron chi connectivity index (χ1n) is 6.11. The summed E-state index contributed by atoms with van der Waals surface area (Å²) in [5.41, 5.74) is 10.7. The summed E-state index contributed by atoms with van der Waals surface area (Å²) in [6.07, 6.45) is 1.11. The van der Waals surface area contributed by atoms with Gasteiger partial charge in [0.2, 0.25) is 0 Å². The van der Waals surface area contributed by atoms with E-state index in [4.69, 9.17) is 5.73 Å². The minimum Gasteiger partial charge on any atom is -0.399 e. The number of fused-ring (bicyclic) bond motifs is 1. The van der Waals surface area contributed by atoms with Crippen LogP contribution in [0.5, 0.6) is 0 Å². The number of nitrogen functional groups attached to an aromatic ring is 1. The molecule has 0 aliphatic carbocycles. The lowest BCUT2D eigenvalue weighted by Crippen LogP contribution is -2.19. The van der Waals surface area contributed by atoms with Crippen LogP contribution in [0.3, 0.4) is 0 Å². The second-order valence-electron chi connectivity index (χ2n) is 4.65. The molecule has 0 radical (unpaired) electrons. The highest BCUT2D eigenvalue weighted by atomic mass is 79.9. The number of rotatable bonds is 2. The molecule has 0 saturated carbocycles. The summed E-state index contributed by atoms with van der Waals surface area (Å²) in [5.74, 6) is 0. The van der Waals surface area contributed by atoms with Crippen molar-refractivity contribution in [2.75, 3.05) is 17.2 Å². The predicted molar refractivity (Wildman–Crippen MR) is 79.8 cm³/mol. The molecule has 18 heavy (non-hydrogen) atoms. The van der Waals surface area contributed by atoms with Gasteiger partial charge < -0.3 is 10.6 Å². The number of nitrogens with two attached hydrogens (primary N) is 1. The van der Waals surface area contributed by atoms with Crippen LogP contribution in [0.25, 0.3) is 0 Å². The van der Waals surface area contributed by atoms with Crippen LogP contribution in [0.1, 0.15) is 11.1 Å². The van der Waals surface area contributed by atoms with Crippen molar-refractivity contribution in [3.63, 3.8) is 0 Å². The van der Waals surface area contributed by atoms with Gasteiger partial charge in [-0.3, -0.25) is 0 Å². The van der Waals surface area contributed by atoms with Gasteiger partial charge in [0.25, 0.3) is 0 Å². The molecule has 2 aromatic carbocycles. The Balaban J connectivity index is 1.89. The average molecular weight is 303 g/mol. The maximum atomic E-state index is 5.88. The van der Waals surface area contributed by atoms with Gasteiger partial charge in [0.15, 0.2) is 0 Å². The Labute approximate surface area is 116 Å². The van der Waals surface area contributed by atoms with Crippen LogP contribution < -0.4 is 10.6 Å². The summed E-state index contributed by atoms with van der Waals surface area (Å²) in [7, 11) is 0. The zero-order valence-corrected chi connectivity index (χ0v) is 11.7. The maximum Gasteiger partial charge on any atom is 0.0440 e. The van der Waals surface area contributed by atoms with E-state index >= 15 is 0 Å². The monoisotopic (exact) mass is 302 g/mol. The molecule has 1 aliphatic heterocycles. The van der Waals surface area contributed by atoms with Gasteiger partial charge in [-0.25, -0.2) is 0 Å². The third-order valence-electron chi connectivity index (χ3n) is 3.42. The molecule has 1 heterocycles. The average Bonchev–Trinajstić information content (AvgIpc) is 2.75. The standard InChI is InChI=1S/C15H15BrN2/c16-14-4-2-1-3-12(14)10-18-8-7-11-5-6-13(17)9-15(11)18/h1-6,9H,7-8,10,17H2. The van der Waals surface area contributed by atoms with E-state index in [1.807, 2.05) is 12.1 Å².